The third-order valence-electron chi connectivity index (χ3n) is 4.75. The predicted octanol–water partition coefficient (Wildman–Crippen LogP) is 4.71. The molecule has 0 aliphatic rings. The van der Waals surface area contributed by atoms with E-state index in [1.54, 1.807) is 31.2 Å². The number of benzene rings is 2. The molecule has 2 N–H and O–H groups in total. The molecule has 0 atom stereocenters. The maximum absolute atomic E-state index is 13.8. The first kappa shape index (κ1) is 23.6. The highest BCUT2D eigenvalue weighted by atomic mass is 35.5. The number of carbonyl (C=O) groups is 1. The summed E-state index contributed by atoms with van der Waals surface area (Å²) in [6.07, 6.45) is 0.466. The van der Waals surface area contributed by atoms with Crippen molar-refractivity contribution in [2.45, 2.75) is 13.3 Å². The lowest BCUT2D eigenvalue weighted by Crippen LogP contribution is -2.29. The van der Waals surface area contributed by atoms with Crippen molar-refractivity contribution in [1.29, 1.82) is 0 Å². The van der Waals surface area contributed by atoms with Crippen LogP contribution in [-0.2, 0) is 7.05 Å². The molecule has 0 bridgehead atoms. The number of ether oxygens (including phenoxy) is 1. The van der Waals surface area contributed by atoms with Crippen LogP contribution in [0.3, 0.4) is 0 Å². The highest BCUT2D eigenvalue weighted by Crippen LogP contribution is 2.26. The SMILES string of the molecule is Cc1cc(F)cc(-c2cc(C(=O)NCCCOc3ccc(Cl)c(Cl)c3)c(O)c(=O)n2C)c1. The molecule has 2 aromatic carbocycles. The molecule has 9 heteroatoms. The molecular weight excluding hydrogens is 458 g/mol. The summed E-state index contributed by atoms with van der Waals surface area (Å²) in [6, 6.07) is 10.6. The Morgan fingerprint density at radius 2 is 1.91 bits per heavy atom. The Bertz CT molecular complexity index is 1210. The monoisotopic (exact) mass is 478 g/mol. The van der Waals surface area contributed by atoms with Gasteiger partial charge in [0.05, 0.1) is 27.9 Å². The predicted molar refractivity (Wildman–Crippen MR) is 122 cm³/mol. The van der Waals surface area contributed by atoms with Gasteiger partial charge in [-0.25, -0.2) is 4.39 Å². The lowest BCUT2D eigenvalue weighted by atomic mass is 10.0. The van der Waals surface area contributed by atoms with Crippen LogP contribution in [0.5, 0.6) is 11.5 Å². The van der Waals surface area contributed by atoms with Gasteiger partial charge in [-0.15, -0.1) is 0 Å². The van der Waals surface area contributed by atoms with Crippen LogP contribution in [0.1, 0.15) is 22.3 Å². The van der Waals surface area contributed by atoms with E-state index in [1.807, 2.05) is 0 Å². The zero-order valence-corrected chi connectivity index (χ0v) is 18.9. The molecular formula is C23H21Cl2FN2O4. The fourth-order valence-corrected chi connectivity index (χ4v) is 3.43. The van der Waals surface area contributed by atoms with E-state index in [-0.39, 0.29) is 12.1 Å². The summed E-state index contributed by atoms with van der Waals surface area (Å²) in [5.74, 6) is -1.21. The quantitative estimate of drug-likeness (QED) is 0.481. The standard InChI is InChI=1S/C23H21Cl2FN2O4/c1-13-8-14(10-15(26)9-13)20-12-17(21(29)23(31)28(20)2)22(30)27-6-3-7-32-16-4-5-18(24)19(25)11-16/h4-5,8-12,29H,3,6-7H2,1-2H3,(H,27,30). The van der Waals surface area contributed by atoms with Crippen LogP contribution < -0.4 is 15.6 Å². The average molecular weight is 479 g/mol. The molecule has 0 unspecified atom stereocenters. The lowest BCUT2D eigenvalue weighted by Gasteiger charge is -2.14. The number of carbonyl (C=O) groups excluding carboxylic acids is 1. The number of rotatable bonds is 7. The summed E-state index contributed by atoms with van der Waals surface area (Å²) in [5.41, 5.74) is 0.455. The normalized spacial score (nSPS) is 10.8. The third-order valence-corrected chi connectivity index (χ3v) is 5.49. The van der Waals surface area contributed by atoms with Crippen molar-refractivity contribution in [3.8, 4) is 22.8 Å². The van der Waals surface area contributed by atoms with Gasteiger partial charge < -0.3 is 19.7 Å². The van der Waals surface area contributed by atoms with Crippen molar-refractivity contribution in [3.05, 3.63) is 79.8 Å². The van der Waals surface area contributed by atoms with Crippen molar-refractivity contribution in [3.63, 3.8) is 0 Å². The van der Waals surface area contributed by atoms with Gasteiger partial charge in [-0.1, -0.05) is 23.2 Å². The molecule has 32 heavy (non-hydrogen) atoms. The van der Waals surface area contributed by atoms with Crippen molar-refractivity contribution in [2.75, 3.05) is 13.2 Å². The number of hydrogen-bond acceptors (Lipinski definition) is 4. The Morgan fingerprint density at radius 3 is 2.59 bits per heavy atom. The number of halogens is 3. The summed E-state index contributed by atoms with van der Waals surface area (Å²) < 4.78 is 20.6. The first-order valence-corrected chi connectivity index (χ1v) is 10.5. The zero-order chi connectivity index (χ0) is 23.4. The number of nitrogens with zero attached hydrogens (tertiary/aromatic N) is 1. The molecule has 0 fully saturated rings. The van der Waals surface area contributed by atoms with Crippen LogP contribution in [-0.4, -0.2) is 28.7 Å². The van der Waals surface area contributed by atoms with Gasteiger partial charge >= 0.3 is 0 Å². The van der Waals surface area contributed by atoms with E-state index in [0.29, 0.717) is 45.6 Å². The second-order valence-corrected chi connectivity index (χ2v) is 8.02. The fraction of sp³-hybridized carbons (Fsp3) is 0.217. The lowest BCUT2D eigenvalue weighted by molar-refractivity contribution is 0.0948. The van der Waals surface area contributed by atoms with Gasteiger partial charge in [0.15, 0.2) is 5.75 Å². The number of aromatic nitrogens is 1. The van der Waals surface area contributed by atoms with Crippen molar-refractivity contribution >= 4 is 29.1 Å². The van der Waals surface area contributed by atoms with E-state index in [1.165, 1.54) is 29.8 Å². The van der Waals surface area contributed by atoms with Crippen LogP contribution in [0.2, 0.25) is 10.0 Å². The molecule has 0 spiro atoms. The molecule has 0 aliphatic carbocycles. The molecule has 3 aromatic rings. The van der Waals surface area contributed by atoms with E-state index in [0.717, 1.165) is 0 Å². The van der Waals surface area contributed by atoms with E-state index >= 15 is 0 Å². The number of amides is 1. The molecule has 3 rings (SSSR count). The Morgan fingerprint density at radius 1 is 1.16 bits per heavy atom. The Kier molecular flexibility index (Phi) is 7.43. The van der Waals surface area contributed by atoms with Crippen molar-refractivity contribution in [2.24, 2.45) is 7.05 Å². The Hall–Kier alpha value is -3.03. The van der Waals surface area contributed by atoms with E-state index in [9.17, 15) is 19.1 Å². The summed E-state index contributed by atoms with van der Waals surface area (Å²) in [5, 5.41) is 13.7. The fourth-order valence-electron chi connectivity index (χ4n) is 3.15. The van der Waals surface area contributed by atoms with Gasteiger partial charge in [0.25, 0.3) is 11.5 Å². The van der Waals surface area contributed by atoms with Crippen molar-refractivity contribution < 1.29 is 19.0 Å². The molecule has 1 heterocycles. The van der Waals surface area contributed by atoms with E-state index < -0.39 is 23.0 Å². The summed E-state index contributed by atoms with van der Waals surface area (Å²) >= 11 is 11.8. The van der Waals surface area contributed by atoms with Crippen LogP contribution >= 0.6 is 23.2 Å². The minimum absolute atomic E-state index is 0.185. The molecule has 1 amide bonds. The molecule has 6 nitrogen and oxygen atoms in total. The number of hydrogen-bond donors (Lipinski definition) is 2. The van der Waals surface area contributed by atoms with Crippen LogP contribution in [0.25, 0.3) is 11.3 Å². The summed E-state index contributed by atoms with van der Waals surface area (Å²) in [6.45, 7) is 2.26. The molecule has 0 aliphatic heterocycles. The summed E-state index contributed by atoms with van der Waals surface area (Å²) in [7, 11) is 1.44. The van der Waals surface area contributed by atoms with Gasteiger partial charge in [-0.2, -0.15) is 0 Å². The van der Waals surface area contributed by atoms with E-state index in [2.05, 4.69) is 5.32 Å². The molecule has 1 aromatic heterocycles. The topological polar surface area (TPSA) is 80.6 Å². The number of pyridine rings is 1. The van der Waals surface area contributed by atoms with Gasteiger partial charge in [0, 0.05) is 25.2 Å². The maximum Gasteiger partial charge on any atom is 0.293 e. The number of aromatic hydroxyl groups is 1. The Labute approximate surface area is 194 Å². The maximum atomic E-state index is 13.8. The third kappa shape index (κ3) is 5.41. The van der Waals surface area contributed by atoms with E-state index in [4.69, 9.17) is 27.9 Å². The second kappa shape index (κ2) is 10.1. The summed E-state index contributed by atoms with van der Waals surface area (Å²) in [4.78, 5) is 25.0. The highest BCUT2D eigenvalue weighted by molar-refractivity contribution is 6.42. The zero-order valence-electron chi connectivity index (χ0n) is 17.4. The molecule has 0 saturated carbocycles. The van der Waals surface area contributed by atoms with Crippen LogP contribution in [0.4, 0.5) is 4.39 Å². The number of aryl methyl sites for hydroxylation is 1. The first-order chi connectivity index (χ1) is 15.2. The van der Waals surface area contributed by atoms with Crippen LogP contribution in [0.15, 0.2) is 47.3 Å². The van der Waals surface area contributed by atoms with Gasteiger partial charge in [-0.3, -0.25) is 9.59 Å². The van der Waals surface area contributed by atoms with Crippen LogP contribution in [0, 0.1) is 12.7 Å². The molecule has 168 valence electrons. The largest absolute Gasteiger partial charge is 0.502 e. The number of nitrogens with one attached hydrogen (secondary N) is 1. The molecule has 0 radical (unpaired) electrons. The van der Waals surface area contributed by atoms with Gasteiger partial charge in [0.1, 0.15) is 11.6 Å². The second-order valence-electron chi connectivity index (χ2n) is 7.21. The van der Waals surface area contributed by atoms with Gasteiger partial charge in [-0.05, 0) is 55.3 Å². The average Bonchev–Trinajstić information content (AvgIpc) is 2.73. The highest BCUT2D eigenvalue weighted by Gasteiger charge is 2.19. The first-order valence-electron chi connectivity index (χ1n) is 9.74. The smallest absolute Gasteiger partial charge is 0.293 e. The molecule has 0 saturated heterocycles. The minimum atomic E-state index is -0.752. The van der Waals surface area contributed by atoms with Gasteiger partial charge in [0.2, 0.25) is 0 Å². The Balaban J connectivity index is 1.69. The minimum Gasteiger partial charge on any atom is -0.502 e. The van der Waals surface area contributed by atoms with Crippen molar-refractivity contribution in [1.82, 2.24) is 9.88 Å².